The van der Waals surface area contributed by atoms with Crippen LogP contribution in [0.25, 0.3) is 11.0 Å². The van der Waals surface area contributed by atoms with Gasteiger partial charge in [-0.1, -0.05) is 18.5 Å². The molecule has 0 radical (unpaired) electrons. The molecule has 0 aliphatic carbocycles. The first kappa shape index (κ1) is 13.6. The maximum Gasteiger partial charge on any atom is 0.226 e. The molecule has 4 nitrogen and oxygen atoms in total. The largest absolute Gasteiger partial charge is 0.356 e. The van der Waals surface area contributed by atoms with Crippen molar-refractivity contribution in [2.24, 2.45) is 0 Å². The standard InChI is InChI=1S/C15H20N2O2/c1-4-5-6-16-15(18)9-13-12-7-10(2)11(3)8-14(12)19-17-13/h7-8H,4-6,9H2,1-3H3,(H,16,18). The number of benzene rings is 1. The van der Waals surface area contributed by atoms with Crippen LogP contribution in [0.5, 0.6) is 0 Å². The monoisotopic (exact) mass is 260 g/mol. The lowest BCUT2D eigenvalue weighted by Crippen LogP contribution is -2.26. The summed E-state index contributed by atoms with van der Waals surface area (Å²) in [5.41, 5.74) is 3.82. The fourth-order valence-corrected chi connectivity index (χ4v) is 1.99. The zero-order valence-electron chi connectivity index (χ0n) is 11.7. The van der Waals surface area contributed by atoms with Crippen molar-refractivity contribution in [3.05, 3.63) is 29.0 Å². The molecule has 0 saturated heterocycles. The van der Waals surface area contributed by atoms with Crippen LogP contribution in [0.2, 0.25) is 0 Å². The van der Waals surface area contributed by atoms with Gasteiger partial charge in [0.25, 0.3) is 0 Å². The molecular weight excluding hydrogens is 240 g/mol. The Kier molecular flexibility index (Phi) is 4.20. The van der Waals surface area contributed by atoms with E-state index in [9.17, 15) is 4.79 Å². The number of nitrogens with one attached hydrogen (secondary N) is 1. The molecule has 0 saturated carbocycles. The van der Waals surface area contributed by atoms with E-state index in [0.29, 0.717) is 5.69 Å². The summed E-state index contributed by atoms with van der Waals surface area (Å²) in [6.45, 7) is 6.91. The predicted octanol–water partition coefficient (Wildman–Crippen LogP) is 2.90. The van der Waals surface area contributed by atoms with E-state index in [1.54, 1.807) is 0 Å². The van der Waals surface area contributed by atoms with E-state index in [0.717, 1.165) is 30.4 Å². The summed E-state index contributed by atoms with van der Waals surface area (Å²) in [5.74, 6) is 0.00174. The lowest BCUT2D eigenvalue weighted by Gasteiger charge is -2.02. The van der Waals surface area contributed by atoms with Crippen LogP contribution in [0.1, 0.15) is 36.6 Å². The fourth-order valence-electron chi connectivity index (χ4n) is 1.99. The molecule has 0 atom stereocenters. The smallest absolute Gasteiger partial charge is 0.226 e. The topological polar surface area (TPSA) is 55.1 Å². The summed E-state index contributed by atoms with van der Waals surface area (Å²) in [5, 5.41) is 7.84. The van der Waals surface area contributed by atoms with Crippen LogP contribution in [-0.4, -0.2) is 17.6 Å². The summed E-state index contributed by atoms with van der Waals surface area (Å²) in [6.07, 6.45) is 2.36. The van der Waals surface area contributed by atoms with Crippen LogP contribution in [0.4, 0.5) is 0 Å². The zero-order valence-corrected chi connectivity index (χ0v) is 11.7. The highest BCUT2D eigenvalue weighted by Gasteiger charge is 2.13. The molecule has 0 aliphatic heterocycles. The maximum atomic E-state index is 11.8. The van der Waals surface area contributed by atoms with Gasteiger partial charge in [-0.15, -0.1) is 0 Å². The summed E-state index contributed by atoms with van der Waals surface area (Å²) >= 11 is 0. The summed E-state index contributed by atoms with van der Waals surface area (Å²) in [6, 6.07) is 4.01. The van der Waals surface area contributed by atoms with Crippen molar-refractivity contribution in [2.75, 3.05) is 6.54 Å². The Bertz CT molecular complexity index is 587. The lowest BCUT2D eigenvalue weighted by molar-refractivity contribution is -0.120. The van der Waals surface area contributed by atoms with Gasteiger partial charge in [0.15, 0.2) is 5.58 Å². The number of unbranched alkanes of at least 4 members (excludes halogenated alkanes) is 1. The third-order valence-corrected chi connectivity index (χ3v) is 3.34. The summed E-state index contributed by atoms with van der Waals surface area (Å²) in [4.78, 5) is 11.8. The van der Waals surface area contributed by atoms with Gasteiger partial charge < -0.3 is 9.84 Å². The minimum Gasteiger partial charge on any atom is -0.356 e. The molecule has 1 heterocycles. The molecule has 1 aromatic carbocycles. The van der Waals surface area contributed by atoms with Crippen LogP contribution < -0.4 is 5.32 Å². The molecule has 4 heteroatoms. The number of aromatic nitrogens is 1. The highest BCUT2D eigenvalue weighted by Crippen LogP contribution is 2.22. The Morgan fingerprint density at radius 3 is 2.79 bits per heavy atom. The third kappa shape index (κ3) is 3.13. The Morgan fingerprint density at radius 2 is 2.05 bits per heavy atom. The molecule has 2 rings (SSSR count). The van der Waals surface area contributed by atoms with E-state index < -0.39 is 0 Å². The molecule has 0 unspecified atom stereocenters. The first-order chi connectivity index (χ1) is 9.11. The SMILES string of the molecule is CCCCNC(=O)Cc1noc2cc(C)c(C)cc12. The average Bonchev–Trinajstić information content (AvgIpc) is 2.73. The number of carbonyl (C=O) groups is 1. The minimum atomic E-state index is 0.00174. The quantitative estimate of drug-likeness (QED) is 0.841. The van der Waals surface area contributed by atoms with Gasteiger partial charge in [-0.05, 0) is 43.5 Å². The summed E-state index contributed by atoms with van der Waals surface area (Å²) < 4.78 is 5.28. The van der Waals surface area contributed by atoms with Crippen LogP contribution in [0, 0.1) is 13.8 Å². The first-order valence-corrected chi connectivity index (χ1v) is 6.74. The molecule has 0 spiro atoms. The van der Waals surface area contributed by atoms with Gasteiger partial charge in [0, 0.05) is 11.9 Å². The normalized spacial score (nSPS) is 10.9. The molecular formula is C15H20N2O2. The van der Waals surface area contributed by atoms with Crippen molar-refractivity contribution in [3.63, 3.8) is 0 Å². The number of amides is 1. The first-order valence-electron chi connectivity index (χ1n) is 6.74. The Balaban J connectivity index is 2.13. The van der Waals surface area contributed by atoms with Gasteiger partial charge in [-0.3, -0.25) is 4.79 Å². The van der Waals surface area contributed by atoms with Gasteiger partial charge in [0.05, 0.1) is 6.42 Å². The number of hydrogen-bond donors (Lipinski definition) is 1. The maximum absolute atomic E-state index is 11.8. The second-order valence-corrected chi connectivity index (χ2v) is 4.94. The average molecular weight is 260 g/mol. The van der Waals surface area contributed by atoms with Crippen LogP contribution in [0.15, 0.2) is 16.7 Å². The lowest BCUT2D eigenvalue weighted by atomic mass is 10.1. The Labute approximate surface area is 113 Å². The van der Waals surface area contributed by atoms with Crippen molar-refractivity contribution in [2.45, 2.75) is 40.0 Å². The van der Waals surface area contributed by atoms with E-state index in [2.05, 4.69) is 17.4 Å². The minimum absolute atomic E-state index is 0.00174. The Morgan fingerprint density at radius 1 is 1.32 bits per heavy atom. The molecule has 1 amide bonds. The molecule has 1 N–H and O–H groups in total. The van der Waals surface area contributed by atoms with Crippen molar-refractivity contribution < 1.29 is 9.32 Å². The van der Waals surface area contributed by atoms with E-state index in [-0.39, 0.29) is 12.3 Å². The van der Waals surface area contributed by atoms with E-state index >= 15 is 0 Å². The van der Waals surface area contributed by atoms with Crippen LogP contribution >= 0.6 is 0 Å². The molecule has 1 aromatic heterocycles. The molecule has 2 aromatic rings. The van der Waals surface area contributed by atoms with E-state index in [1.165, 1.54) is 11.1 Å². The number of fused-ring (bicyclic) bond motifs is 1. The second kappa shape index (κ2) is 5.87. The van der Waals surface area contributed by atoms with Gasteiger partial charge >= 0.3 is 0 Å². The van der Waals surface area contributed by atoms with Crippen LogP contribution in [-0.2, 0) is 11.2 Å². The van der Waals surface area contributed by atoms with Crippen molar-refractivity contribution >= 4 is 16.9 Å². The molecule has 102 valence electrons. The fraction of sp³-hybridized carbons (Fsp3) is 0.467. The second-order valence-electron chi connectivity index (χ2n) is 4.94. The van der Waals surface area contributed by atoms with Crippen molar-refractivity contribution in [3.8, 4) is 0 Å². The van der Waals surface area contributed by atoms with Gasteiger partial charge in [-0.25, -0.2) is 0 Å². The number of aryl methyl sites for hydroxylation is 2. The number of rotatable bonds is 5. The Hall–Kier alpha value is -1.84. The van der Waals surface area contributed by atoms with Gasteiger partial charge in [-0.2, -0.15) is 0 Å². The highest BCUT2D eigenvalue weighted by molar-refractivity contribution is 5.87. The van der Waals surface area contributed by atoms with E-state index in [4.69, 9.17) is 4.52 Å². The van der Waals surface area contributed by atoms with Gasteiger partial charge in [0.1, 0.15) is 5.69 Å². The highest BCUT2D eigenvalue weighted by atomic mass is 16.5. The molecule has 0 aliphatic rings. The molecule has 19 heavy (non-hydrogen) atoms. The number of carbonyl (C=O) groups excluding carboxylic acids is 1. The predicted molar refractivity (Wildman–Crippen MR) is 75.1 cm³/mol. The van der Waals surface area contributed by atoms with Crippen LogP contribution in [0.3, 0.4) is 0 Å². The van der Waals surface area contributed by atoms with Crippen molar-refractivity contribution in [1.29, 1.82) is 0 Å². The summed E-state index contributed by atoms with van der Waals surface area (Å²) in [7, 11) is 0. The molecule has 0 bridgehead atoms. The zero-order chi connectivity index (χ0) is 13.8. The number of hydrogen-bond acceptors (Lipinski definition) is 3. The number of nitrogens with zero attached hydrogens (tertiary/aromatic N) is 1. The molecule has 0 fully saturated rings. The van der Waals surface area contributed by atoms with E-state index in [1.807, 2.05) is 26.0 Å². The third-order valence-electron chi connectivity index (χ3n) is 3.34. The van der Waals surface area contributed by atoms with Gasteiger partial charge in [0.2, 0.25) is 5.91 Å². The van der Waals surface area contributed by atoms with Crippen molar-refractivity contribution in [1.82, 2.24) is 10.5 Å².